The first kappa shape index (κ1) is 8.63. The lowest BCUT2D eigenvalue weighted by atomic mass is 10.6. The number of hydrogen-bond acceptors (Lipinski definition) is 1. The highest BCUT2D eigenvalue weighted by Gasteiger charge is 1.57. The minimum absolute atomic E-state index is 1.01. The van der Waals surface area contributed by atoms with Crippen LogP contribution in [0.1, 0.15) is 13.3 Å². The Kier molecular flexibility index (Phi) is 7.32. The van der Waals surface area contributed by atoms with Gasteiger partial charge in [-0.2, -0.15) is 12.6 Å². The summed E-state index contributed by atoms with van der Waals surface area (Å²) in [6, 6.07) is 3.89. The Morgan fingerprint density at radius 3 is 1.89 bits per heavy atom. The minimum Gasteiger partial charge on any atom is -0.368 e. The molecule has 0 amide bonds. The van der Waals surface area contributed by atoms with Crippen molar-refractivity contribution in [3.05, 3.63) is 24.5 Å². The monoisotopic (exact) mass is 143 g/mol. The third-order valence-corrected chi connectivity index (χ3v) is 1.17. The Labute approximate surface area is 61.9 Å². The predicted molar refractivity (Wildman–Crippen MR) is 44.9 cm³/mol. The summed E-state index contributed by atoms with van der Waals surface area (Å²) in [5.74, 6) is 1.01. The van der Waals surface area contributed by atoms with Gasteiger partial charge in [-0.3, -0.25) is 0 Å². The molecule has 0 saturated carbocycles. The predicted octanol–water partition coefficient (Wildman–Crippen LogP) is 2.34. The summed E-state index contributed by atoms with van der Waals surface area (Å²) in [5, 5.41) is 0. The molecule has 0 bridgehead atoms. The molecule has 1 N–H and O–H groups in total. The first-order valence-corrected chi connectivity index (χ1v) is 3.73. The number of rotatable bonds is 1. The van der Waals surface area contributed by atoms with Crippen molar-refractivity contribution in [2.75, 3.05) is 5.75 Å². The first-order chi connectivity index (χ1) is 4.41. The highest BCUT2D eigenvalue weighted by atomic mass is 32.1. The lowest BCUT2D eigenvalue weighted by Gasteiger charge is -1.67. The van der Waals surface area contributed by atoms with E-state index in [4.69, 9.17) is 0 Å². The summed E-state index contributed by atoms with van der Waals surface area (Å²) in [7, 11) is 0. The molecule has 1 aromatic rings. The molecular weight excluding hydrogens is 130 g/mol. The molecule has 0 aliphatic carbocycles. The van der Waals surface area contributed by atoms with Gasteiger partial charge in [-0.25, -0.2) is 0 Å². The van der Waals surface area contributed by atoms with E-state index >= 15 is 0 Å². The van der Waals surface area contributed by atoms with E-state index in [1.165, 1.54) is 6.42 Å². The summed E-state index contributed by atoms with van der Waals surface area (Å²) < 4.78 is 0. The molecule has 1 heterocycles. The zero-order valence-electron chi connectivity index (χ0n) is 5.67. The molecule has 1 nitrogen and oxygen atoms in total. The maximum atomic E-state index is 3.92. The zero-order chi connectivity index (χ0) is 6.95. The standard InChI is InChI=1S/C4H5N.C3H8S/c1-2-4-5-3-1;1-2-3-4/h1-5H;4H,2-3H2,1H3. The van der Waals surface area contributed by atoms with E-state index in [2.05, 4.69) is 24.5 Å². The van der Waals surface area contributed by atoms with E-state index < -0.39 is 0 Å². The molecule has 0 radical (unpaired) electrons. The normalized spacial score (nSPS) is 7.78. The van der Waals surface area contributed by atoms with Gasteiger partial charge in [0.15, 0.2) is 0 Å². The molecule has 52 valence electrons. The van der Waals surface area contributed by atoms with E-state index in [1.54, 1.807) is 0 Å². The fourth-order valence-corrected chi connectivity index (χ4v) is 0.278. The van der Waals surface area contributed by atoms with Gasteiger partial charge < -0.3 is 4.98 Å². The van der Waals surface area contributed by atoms with Crippen molar-refractivity contribution >= 4 is 12.6 Å². The smallest absolute Gasteiger partial charge is 0.000496 e. The number of hydrogen-bond donors (Lipinski definition) is 2. The number of aromatic amines is 1. The van der Waals surface area contributed by atoms with Crippen molar-refractivity contribution in [2.24, 2.45) is 0 Å². The summed E-state index contributed by atoms with van der Waals surface area (Å²) in [4.78, 5) is 2.86. The third-order valence-electron chi connectivity index (χ3n) is 0.720. The molecule has 0 saturated heterocycles. The third kappa shape index (κ3) is 7.63. The maximum Gasteiger partial charge on any atom is 0.000496 e. The second-order valence-electron chi connectivity index (χ2n) is 1.61. The molecule has 0 unspecified atom stereocenters. The molecule has 2 heteroatoms. The van der Waals surface area contributed by atoms with Gasteiger partial charge in [-0.05, 0) is 24.3 Å². The largest absolute Gasteiger partial charge is 0.368 e. The number of thiol groups is 1. The molecule has 0 aliphatic heterocycles. The van der Waals surface area contributed by atoms with Gasteiger partial charge in [-0.15, -0.1) is 0 Å². The molecule has 1 rings (SSSR count). The SMILES string of the molecule is CCCS.c1cc[nH]c1. The molecule has 0 aromatic carbocycles. The van der Waals surface area contributed by atoms with E-state index in [1.807, 2.05) is 24.5 Å². The van der Waals surface area contributed by atoms with Gasteiger partial charge in [0.2, 0.25) is 0 Å². The highest BCUT2D eigenvalue weighted by molar-refractivity contribution is 7.80. The number of aromatic nitrogens is 1. The lowest BCUT2D eigenvalue weighted by molar-refractivity contribution is 1.11. The second-order valence-corrected chi connectivity index (χ2v) is 2.06. The minimum atomic E-state index is 1.01. The average Bonchev–Trinajstić information content (AvgIpc) is 2.43. The van der Waals surface area contributed by atoms with Crippen molar-refractivity contribution in [1.82, 2.24) is 4.98 Å². The fraction of sp³-hybridized carbons (Fsp3) is 0.429. The Bertz CT molecular complexity index is 84.4. The van der Waals surface area contributed by atoms with Gasteiger partial charge in [0.05, 0.1) is 0 Å². The van der Waals surface area contributed by atoms with Crippen LogP contribution >= 0.6 is 12.6 Å². The zero-order valence-corrected chi connectivity index (χ0v) is 6.57. The van der Waals surface area contributed by atoms with Crippen LogP contribution in [0, 0.1) is 0 Å². The first-order valence-electron chi connectivity index (χ1n) is 3.10. The number of nitrogens with one attached hydrogen (secondary N) is 1. The Balaban J connectivity index is 0.000000148. The Hall–Kier alpha value is -0.370. The second kappa shape index (κ2) is 7.63. The highest BCUT2D eigenvalue weighted by Crippen LogP contribution is 1.74. The maximum absolute atomic E-state index is 3.92. The van der Waals surface area contributed by atoms with Gasteiger partial charge in [0, 0.05) is 12.4 Å². The van der Waals surface area contributed by atoms with Crippen LogP contribution in [0.15, 0.2) is 24.5 Å². The summed E-state index contributed by atoms with van der Waals surface area (Å²) in [6.07, 6.45) is 4.93. The molecular formula is C7H13NS. The average molecular weight is 143 g/mol. The van der Waals surface area contributed by atoms with Crippen LogP contribution in [-0.4, -0.2) is 10.7 Å². The van der Waals surface area contributed by atoms with Crippen LogP contribution in [0.2, 0.25) is 0 Å². The van der Waals surface area contributed by atoms with Crippen molar-refractivity contribution in [2.45, 2.75) is 13.3 Å². The van der Waals surface area contributed by atoms with Crippen LogP contribution in [0.4, 0.5) is 0 Å². The molecule has 9 heavy (non-hydrogen) atoms. The Morgan fingerprint density at radius 1 is 1.33 bits per heavy atom. The van der Waals surface area contributed by atoms with Crippen molar-refractivity contribution in [3.8, 4) is 0 Å². The molecule has 1 aromatic heterocycles. The number of H-pyrrole nitrogens is 1. The van der Waals surface area contributed by atoms with Gasteiger partial charge >= 0.3 is 0 Å². The van der Waals surface area contributed by atoms with Crippen molar-refractivity contribution < 1.29 is 0 Å². The van der Waals surface area contributed by atoms with E-state index in [0.717, 1.165) is 5.75 Å². The van der Waals surface area contributed by atoms with Crippen molar-refractivity contribution in [3.63, 3.8) is 0 Å². The molecule has 0 spiro atoms. The van der Waals surface area contributed by atoms with Gasteiger partial charge in [0.25, 0.3) is 0 Å². The van der Waals surface area contributed by atoms with E-state index in [0.29, 0.717) is 0 Å². The van der Waals surface area contributed by atoms with E-state index in [9.17, 15) is 0 Å². The van der Waals surface area contributed by atoms with Crippen LogP contribution < -0.4 is 0 Å². The van der Waals surface area contributed by atoms with Crippen LogP contribution in [-0.2, 0) is 0 Å². The summed E-state index contributed by atoms with van der Waals surface area (Å²) >= 11 is 3.92. The van der Waals surface area contributed by atoms with Crippen molar-refractivity contribution in [1.29, 1.82) is 0 Å². The van der Waals surface area contributed by atoms with E-state index in [-0.39, 0.29) is 0 Å². The van der Waals surface area contributed by atoms with Crippen LogP contribution in [0.5, 0.6) is 0 Å². The molecule has 0 aliphatic rings. The molecule has 0 atom stereocenters. The Morgan fingerprint density at radius 2 is 1.78 bits per heavy atom. The quantitative estimate of drug-likeness (QED) is 0.561. The van der Waals surface area contributed by atoms with Gasteiger partial charge in [0.1, 0.15) is 0 Å². The van der Waals surface area contributed by atoms with Gasteiger partial charge in [-0.1, -0.05) is 6.92 Å². The lowest BCUT2D eigenvalue weighted by Crippen LogP contribution is -1.56. The topological polar surface area (TPSA) is 15.8 Å². The van der Waals surface area contributed by atoms with Crippen LogP contribution in [0.25, 0.3) is 0 Å². The summed E-state index contributed by atoms with van der Waals surface area (Å²) in [6.45, 7) is 2.10. The summed E-state index contributed by atoms with van der Waals surface area (Å²) in [5.41, 5.74) is 0. The van der Waals surface area contributed by atoms with Crippen LogP contribution in [0.3, 0.4) is 0 Å². The molecule has 0 fully saturated rings. The fourth-order valence-electron chi connectivity index (χ4n) is 0.278.